The van der Waals surface area contributed by atoms with Crippen molar-refractivity contribution in [2.75, 3.05) is 26.8 Å². The number of nitrogens with zero attached hydrogens (tertiary/aromatic N) is 1. The Morgan fingerprint density at radius 1 is 1.40 bits per heavy atom. The van der Waals surface area contributed by atoms with E-state index >= 15 is 0 Å². The van der Waals surface area contributed by atoms with Crippen LogP contribution >= 0.6 is 0 Å². The first-order valence-corrected chi connectivity index (χ1v) is 7.27. The lowest BCUT2D eigenvalue weighted by Gasteiger charge is -2.35. The maximum absolute atomic E-state index is 12.2. The highest BCUT2D eigenvalue weighted by Gasteiger charge is 2.32. The zero-order chi connectivity index (χ0) is 15.1. The third kappa shape index (κ3) is 4.45. The van der Waals surface area contributed by atoms with Crippen LogP contribution in [-0.2, 0) is 19.1 Å². The van der Waals surface area contributed by atoms with E-state index in [0.717, 1.165) is 12.8 Å². The molecule has 1 N–H and O–H groups in total. The molecule has 1 rings (SSSR count). The predicted molar refractivity (Wildman–Crippen MR) is 75.3 cm³/mol. The molecule has 0 radical (unpaired) electrons. The number of hydrogen-bond acceptors (Lipinski definition) is 5. The van der Waals surface area contributed by atoms with Crippen LogP contribution in [0.5, 0.6) is 0 Å². The molecule has 1 heterocycles. The molecule has 0 aromatic carbocycles. The van der Waals surface area contributed by atoms with E-state index in [1.54, 1.807) is 0 Å². The highest BCUT2D eigenvalue weighted by molar-refractivity contribution is 5.82. The lowest BCUT2D eigenvalue weighted by Crippen LogP contribution is -2.55. The Hall–Kier alpha value is -1.14. The number of esters is 1. The van der Waals surface area contributed by atoms with E-state index in [-0.39, 0.29) is 24.0 Å². The van der Waals surface area contributed by atoms with Crippen molar-refractivity contribution in [3.05, 3.63) is 0 Å². The van der Waals surface area contributed by atoms with Crippen molar-refractivity contribution >= 4 is 11.9 Å². The summed E-state index contributed by atoms with van der Waals surface area (Å²) in [7, 11) is 1.34. The maximum atomic E-state index is 12.2. The number of morpholine rings is 1. The molecule has 0 saturated carbocycles. The topological polar surface area (TPSA) is 67.9 Å². The summed E-state index contributed by atoms with van der Waals surface area (Å²) >= 11 is 0. The minimum Gasteiger partial charge on any atom is -0.467 e. The molecule has 0 bridgehead atoms. The monoisotopic (exact) mass is 286 g/mol. The average Bonchev–Trinajstić information content (AvgIpc) is 2.50. The van der Waals surface area contributed by atoms with Crippen LogP contribution in [0.2, 0.25) is 0 Å². The van der Waals surface area contributed by atoms with Crippen molar-refractivity contribution in [2.24, 2.45) is 0 Å². The van der Waals surface area contributed by atoms with Gasteiger partial charge in [0.2, 0.25) is 5.91 Å². The quantitative estimate of drug-likeness (QED) is 0.722. The van der Waals surface area contributed by atoms with Crippen LogP contribution in [0.4, 0.5) is 0 Å². The Balaban J connectivity index is 2.55. The van der Waals surface area contributed by atoms with Gasteiger partial charge in [0.1, 0.15) is 0 Å². The summed E-state index contributed by atoms with van der Waals surface area (Å²) in [6.45, 7) is 7.44. The smallest absolute Gasteiger partial charge is 0.336 e. The summed E-state index contributed by atoms with van der Waals surface area (Å²) in [6.07, 6.45) is 1.24. The van der Waals surface area contributed by atoms with Gasteiger partial charge in [-0.3, -0.25) is 9.69 Å². The molecule has 0 spiro atoms. The molecule has 2 atom stereocenters. The van der Waals surface area contributed by atoms with Gasteiger partial charge < -0.3 is 14.8 Å². The Labute approximate surface area is 120 Å². The molecule has 0 aliphatic carbocycles. The van der Waals surface area contributed by atoms with Crippen molar-refractivity contribution in [3.8, 4) is 0 Å². The molecule has 20 heavy (non-hydrogen) atoms. The van der Waals surface area contributed by atoms with E-state index in [0.29, 0.717) is 19.7 Å². The van der Waals surface area contributed by atoms with E-state index in [9.17, 15) is 9.59 Å². The van der Waals surface area contributed by atoms with Gasteiger partial charge in [-0.2, -0.15) is 0 Å². The number of ether oxygens (including phenoxy) is 2. The van der Waals surface area contributed by atoms with E-state index in [2.05, 4.69) is 23.9 Å². The van der Waals surface area contributed by atoms with E-state index in [1.807, 2.05) is 11.8 Å². The fourth-order valence-electron chi connectivity index (χ4n) is 2.28. The van der Waals surface area contributed by atoms with Gasteiger partial charge >= 0.3 is 5.97 Å². The van der Waals surface area contributed by atoms with Crippen molar-refractivity contribution in [3.63, 3.8) is 0 Å². The van der Waals surface area contributed by atoms with Crippen LogP contribution in [0.15, 0.2) is 0 Å². The summed E-state index contributed by atoms with van der Waals surface area (Å²) in [5.41, 5.74) is 0. The van der Waals surface area contributed by atoms with Gasteiger partial charge in [-0.15, -0.1) is 0 Å². The molecular formula is C14H26N2O4. The van der Waals surface area contributed by atoms with Crippen LogP contribution in [-0.4, -0.2) is 61.8 Å². The Morgan fingerprint density at radius 2 is 2.05 bits per heavy atom. The van der Waals surface area contributed by atoms with E-state index in [1.165, 1.54) is 7.11 Å². The Bertz CT molecular complexity index is 331. The summed E-state index contributed by atoms with van der Waals surface area (Å²) < 4.78 is 10.1. The summed E-state index contributed by atoms with van der Waals surface area (Å²) in [4.78, 5) is 25.7. The van der Waals surface area contributed by atoms with Gasteiger partial charge in [0.05, 0.1) is 19.8 Å². The third-order valence-electron chi connectivity index (χ3n) is 3.82. The number of carbonyl (C=O) groups excluding carboxylic acids is 2. The first-order chi connectivity index (χ1) is 9.53. The van der Waals surface area contributed by atoms with Crippen LogP contribution in [0.1, 0.15) is 33.6 Å². The lowest BCUT2D eigenvalue weighted by atomic mass is 10.1. The van der Waals surface area contributed by atoms with E-state index < -0.39 is 6.10 Å². The summed E-state index contributed by atoms with van der Waals surface area (Å²) in [6, 6.07) is -0.0611. The molecule has 116 valence electrons. The lowest BCUT2D eigenvalue weighted by molar-refractivity contribution is -0.161. The largest absolute Gasteiger partial charge is 0.467 e. The number of carbonyl (C=O) groups is 2. The normalized spacial score (nSPS) is 21.6. The van der Waals surface area contributed by atoms with Crippen molar-refractivity contribution in [1.29, 1.82) is 0 Å². The van der Waals surface area contributed by atoms with Gasteiger partial charge in [-0.05, 0) is 19.8 Å². The molecule has 1 fully saturated rings. The maximum Gasteiger partial charge on any atom is 0.336 e. The summed E-state index contributed by atoms with van der Waals surface area (Å²) in [5.74, 6) is -0.383. The Morgan fingerprint density at radius 3 is 2.60 bits per heavy atom. The van der Waals surface area contributed by atoms with Crippen molar-refractivity contribution in [1.82, 2.24) is 10.2 Å². The number of amides is 1. The second-order valence-electron chi connectivity index (χ2n) is 5.08. The van der Waals surface area contributed by atoms with Crippen LogP contribution < -0.4 is 5.32 Å². The number of methoxy groups -OCH3 is 1. The number of nitrogens with one attached hydrogen (secondary N) is 1. The fraction of sp³-hybridized carbons (Fsp3) is 0.857. The third-order valence-corrected chi connectivity index (χ3v) is 3.82. The molecule has 1 aliphatic heterocycles. The highest BCUT2D eigenvalue weighted by atomic mass is 16.6. The molecule has 6 nitrogen and oxygen atoms in total. The predicted octanol–water partition coefficient (Wildman–Crippen LogP) is 0.554. The fourth-order valence-corrected chi connectivity index (χ4v) is 2.28. The van der Waals surface area contributed by atoms with Gasteiger partial charge in [-0.1, -0.05) is 13.8 Å². The van der Waals surface area contributed by atoms with Gasteiger partial charge in [0.25, 0.3) is 0 Å². The molecular weight excluding hydrogens is 260 g/mol. The van der Waals surface area contributed by atoms with Crippen LogP contribution in [0.25, 0.3) is 0 Å². The highest BCUT2D eigenvalue weighted by Crippen LogP contribution is 2.11. The number of rotatable bonds is 6. The molecule has 1 saturated heterocycles. The van der Waals surface area contributed by atoms with Crippen LogP contribution in [0.3, 0.4) is 0 Å². The summed E-state index contributed by atoms with van der Waals surface area (Å²) in [5, 5.41) is 3.03. The molecule has 6 heteroatoms. The molecule has 2 unspecified atom stereocenters. The Kier molecular flexibility index (Phi) is 6.95. The molecule has 0 aromatic rings. The van der Waals surface area contributed by atoms with Gasteiger partial charge in [0, 0.05) is 19.1 Å². The molecule has 1 aliphatic rings. The van der Waals surface area contributed by atoms with Gasteiger partial charge in [-0.25, -0.2) is 4.79 Å². The van der Waals surface area contributed by atoms with Crippen molar-refractivity contribution < 1.29 is 19.1 Å². The average molecular weight is 286 g/mol. The minimum atomic E-state index is -0.600. The zero-order valence-corrected chi connectivity index (χ0v) is 12.8. The first kappa shape index (κ1) is 16.9. The van der Waals surface area contributed by atoms with Crippen LogP contribution in [0, 0.1) is 0 Å². The second kappa shape index (κ2) is 8.21. The van der Waals surface area contributed by atoms with Gasteiger partial charge in [0.15, 0.2) is 6.10 Å². The standard InChI is InChI=1S/C14H26N2O4/c1-5-11(6-2)15-13(17)10(3)16-7-8-20-12(9-16)14(18)19-4/h10-12H,5-9H2,1-4H3,(H,15,17). The zero-order valence-electron chi connectivity index (χ0n) is 12.8. The molecule has 0 aromatic heterocycles. The van der Waals surface area contributed by atoms with Crippen molar-refractivity contribution in [2.45, 2.75) is 51.8 Å². The minimum absolute atomic E-state index is 0.00390. The SMILES string of the molecule is CCC(CC)NC(=O)C(C)N1CCOC(C(=O)OC)C1. The molecule has 1 amide bonds. The first-order valence-electron chi connectivity index (χ1n) is 7.27. The number of hydrogen-bond donors (Lipinski definition) is 1. The second-order valence-corrected chi connectivity index (χ2v) is 5.08. The van der Waals surface area contributed by atoms with E-state index in [4.69, 9.17) is 4.74 Å².